The molecular weight excluding hydrogens is 302 g/mol. The number of nitrogens with zero attached hydrogens (tertiary/aromatic N) is 3. The van der Waals surface area contributed by atoms with E-state index in [1.54, 1.807) is 25.3 Å². The standard InChI is InChI=1S/C16H24ClN3O2/c1-18-6-7-19(2)9-11-20(10-8-18)16(21)14-12-13(17)4-5-15(14)22-3/h4-5,12H,6-11H2,1-3H3. The third-order valence-corrected chi connectivity index (χ3v) is 4.28. The largest absolute Gasteiger partial charge is 0.496 e. The first kappa shape index (κ1) is 17.1. The van der Waals surface area contributed by atoms with Gasteiger partial charge in [0.25, 0.3) is 5.91 Å². The SMILES string of the molecule is COc1ccc(Cl)cc1C(=O)N1CCN(C)CCN(C)CC1. The van der Waals surface area contributed by atoms with Gasteiger partial charge in [0.15, 0.2) is 0 Å². The summed E-state index contributed by atoms with van der Waals surface area (Å²) in [5, 5.41) is 0.544. The normalized spacial score (nSPS) is 18.5. The molecule has 0 aromatic heterocycles. The summed E-state index contributed by atoms with van der Waals surface area (Å²) < 4.78 is 5.31. The van der Waals surface area contributed by atoms with E-state index in [0.717, 1.165) is 26.2 Å². The number of amides is 1. The third kappa shape index (κ3) is 4.35. The highest BCUT2D eigenvalue weighted by Crippen LogP contribution is 2.24. The molecule has 22 heavy (non-hydrogen) atoms. The Hall–Kier alpha value is -1.30. The molecule has 1 aromatic rings. The summed E-state index contributed by atoms with van der Waals surface area (Å²) in [5.74, 6) is 0.541. The molecular formula is C16H24ClN3O2. The Morgan fingerprint density at radius 1 is 1.05 bits per heavy atom. The highest BCUT2D eigenvalue weighted by Gasteiger charge is 2.21. The van der Waals surface area contributed by atoms with Gasteiger partial charge in [-0.05, 0) is 32.3 Å². The molecule has 2 rings (SSSR count). The van der Waals surface area contributed by atoms with Crippen LogP contribution >= 0.6 is 11.6 Å². The van der Waals surface area contributed by atoms with Gasteiger partial charge in [-0.3, -0.25) is 4.79 Å². The van der Waals surface area contributed by atoms with Crippen LogP contribution in [0.4, 0.5) is 0 Å². The predicted octanol–water partition coefficient (Wildman–Crippen LogP) is 1.67. The average Bonchev–Trinajstić information content (AvgIpc) is 2.59. The third-order valence-electron chi connectivity index (χ3n) is 4.05. The zero-order valence-electron chi connectivity index (χ0n) is 13.5. The lowest BCUT2D eigenvalue weighted by atomic mass is 10.1. The maximum absolute atomic E-state index is 12.9. The lowest BCUT2D eigenvalue weighted by Crippen LogP contribution is -2.39. The molecule has 0 spiro atoms. The van der Waals surface area contributed by atoms with Crippen molar-refractivity contribution >= 4 is 17.5 Å². The topological polar surface area (TPSA) is 36.0 Å². The van der Waals surface area contributed by atoms with Crippen LogP contribution in [0, 0.1) is 0 Å². The number of carbonyl (C=O) groups is 1. The second kappa shape index (κ2) is 7.81. The lowest BCUT2D eigenvalue weighted by Gasteiger charge is -2.25. The van der Waals surface area contributed by atoms with Crippen molar-refractivity contribution in [3.8, 4) is 5.75 Å². The molecule has 0 saturated carbocycles. The molecule has 1 heterocycles. The first-order chi connectivity index (χ1) is 10.5. The lowest BCUT2D eigenvalue weighted by molar-refractivity contribution is 0.0737. The summed E-state index contributed by atoms with van der Waals surface area (Å²) in [6, 6.07) is 5.16. The van der Waals surface area contributed by atoms with Gasteiger partial charge in [0, 0.05) is 44.3 Å². The number of hydrogen-bond donors (Lipinski definition) is 0. The Bertz CT molecular complexity index is 510. The monoisotopic (exact) mass is 325 g/mol. The van der Waals surface area contributed by atoms with Crippen molar-refractivity contribution < 1.29 is 9.53 Å². The van der Waals surface area contributed by atoms with Gasteiger partial charge in [-0.2, -0.15) is 0 Å². The second-order valence-electron chi connectivity index (χ2n) is 5.74. The predicted molar refractivity (Wildman–Crippen MR) is 88.9 cm³/mol. The molecule has 0 N–H and O–H groups in total. The minimum Gasteiger partial charge on any atom is -0.496 e. The van der Waals surface area contributed by atoms with Crippen molar-refractivity contribution in [2.45, 2.75) is 0 Å². The summed E-state index contributed by atoms with van der Waals surface area (Å²) in [6.45, 7) is 5.17. The second-order valence-corrected chi connectivity index (χ2v) is 6.18. The first-order valence-corrected chi connectivity index (χ1v) is 7.89. The van der Waals surface area contributed by atoms with Crippen LogP contribution in [0.3, 0.4) is 0 Å². The fourth-order valence-corrected chi connectivity index (χ4v) is 2.65. The van der Waals surface area contributed by atoms with Crippen molar-refractivity contribution in [2.24, 2.45) is 0 Å². The summed E-state index contributed by atoms with van der Waals surface area (Å²) in [6.07, 6.45) is 0. The van der Waals surface area contributed by atoms with E-state index < -0.39 is 0 Å². The Balaban J connectivity index is 2.20. The summed E-state index contributed by atoms with van der Waals surface area (Å²) in [7, 11) is 5.74. The Morgan fingerprint density at radius 2 is 1.59 bits per heavy atom. The minimum atomic E-state index is -0.0250. The van der Waals surface area contributed by atoms with Crippen molar-refractivity contribution in [3.05, 3.63) is 28.8 Å². The van der Waals surface area contributed by atoms with Crippen LogP contribution in [-0.2, 0) is 0 Å². The fourth-order valence-electron chi connectivity index (χ4n) is 2.48. The van der Waals surface area contributed by atoms with Gasteiger partial charge in [-0.25, -0.2) is 0 Å². The number of rotatable bonds is 2. The summed E-state index contributed by atoms with van der Waals surface area (Å²) >= 11 is 6.04. The van der Waals surface area contributed by atoms with Crippen LogP contribution in [0.25, 0.3) is 0 Å². The van der Waals surface area contributed by atoms with Crippen LogP contribution < -0.4 is 4.74 Å². The average molecular weight is 326 g/mol. The molecule has 6 heteroatoms. The van der Waals surface area contributed by atoms with E-state index in [1.165, 1.54) is 0 Å². The minimum absolute atomic E-state index is 0.0250. The Labute approximate surface area is 137 Å². The van der Waals surface area contributed by atoms with E-state index in [2.05, 4.69) is 23.9 Å². The Morgan fingerprint density at radius 3 is 2.14 bits per heavy atom. The fraction of sp³-hybridized carbons (Fsp3) is 0.562. The number of benzene rings is 1. The molecule has 1 saturated heterocycles. The first-order valence-electron chi connectivity index (χ1n) is 7.51. The summed E-state index contributed by atoms with van der Waals surface area (Å²) in [4.78, 5) is 19.2. The number of methoxy groups -OCH3 is 1. The van der Waals surface area contributed by atoms with E-state index in [1.807, 2.05) is 4.90 Å². The highest BCUT2D eigenvalue weighted by atomic mass is 35.5. The molecule has 5 nitrogen and oxygen atoms in total. The van der Waals surface area contributed by atoms with Gasteiger partial charge < -0.3 is 19.4 Å². The summed E-state index contributed by atoms with van der Waals surface area (Å²) in [5.41, 5.74) is 0.527. The van der Waals surface area contributed by atoms with Gasteiger partial charge in [0.05, 0.1) is 12.7 Å². The molecule has 0 aliphatic carbocycles. The van der Waals surface area contributed by atoms with E-state index in [4.69, 9.17) is 16.3 Å². The molecule has 0 radical (unpaired) electrons. The molecule has 0 unspecified atom stereocenters. The zero-order chi connectivity index (χ0) is 16.1. The molecule has 1 fully saturated rings. The molecule has 1 aromatic carbocycles. The molecule has 122 valence electrons. The Kier molecular flexibility index (Phi) is 6.06. The van der Waals surface area contributed by atoms with Crippen molar-refractivity contribution in [2.75, 3.05) is 60.5 Å². The van der Waals surface area contributed by atoms with E-state index in [0.29, 0.717) is 29.4 Å². The van der Waals surface area contributed by atoms with Crippen LogP contribution in [0.1, 0.15) is 10.4 Å². The van der Waals surface area contributed by atoms with Crippen molar-refractivity contribution in [1.29, 1.82) is 0 Å². The number of carbonyl (C=O) groups excluding carboxylic acids is 1. The number of halogens is 1. The molecule has 0 atom stereocenters. The maximum atomic E-state index is 12.9. The van der Waals surface area contributed by atoms with E-state index >= 15 is 0 Å². The molecule has 1 aliphatic heterocycles. The van der Waals surface area contributed by atoms with Crippen LogP contribution in [0.15, 0.2) is 18.2 Å². The van der Waals surface area contributed by atoms with E-state index in [-0.39, 0.29) is 5.91 Å². The number of likely N-dealkylation sites (N-methyl/N-ethyl adjacent to an activating group) is 2. The van der Waals surface area contributed by atoms with E-state index in [9.17, 15) is 4.79 Å². The van der Waals surface area contributed by atoms with Crippen LogP contribution in [-0.4, -0.2) is 81.1 Å². The van der Waals surface area contributed by atoms with Gasteiger partial charge >= 0.3 is 0 Å². The zero-order valence-corrected chi connectivity index (χ0v) is 14.3. The smallest absolute Gasteiger partial charge is 0.257 e. The van der Waals surface area contributed by atoms with Crippen molar-refractivity contribution in [1.82, 2.24) is 14.7 Å². The highest BCUT2D eigenvalue weighted by molar-refractivity contribution is 6.31. The van der Waals surface area contributed by atoms with Crippen LogP contribution in [0.2, 0.25) is 5.02 Å². The molecule has 1 aliphatic rings. The molecule has 0 bridgehead atoms. The quantitative estimate of drug-likeness (QED) is 0.828. The van der Waals surface area contributed by atoms with Gasteiger partial charge in [0.2, 0.25) is 0 Å². The van der Waals surface area contributed by atoms with Crippen molar-refractivity contribution in [3.63, 3.8) is 0 Å². The van der Waals surface area contributed by atoms with Crippen LogP contribution in [0.5, 0.6) is 5.75 Å². The number of ether oxygens (including phenoxy) is 1. The van der Waals surface area contributed by atoms with Gasteiger partial charge in [0.1, 0.15) is 5.75 Å². The molecule has 1 amide bonds. The maximum Gasteiger partial charge on any atom is 0.257 e. The van der Waals surface area contributed by atoms with Gasteiger partial charge in [-0.1, -0.05) is 11.6 Å². The number of hydrogen-bond acceptors (Lipinski definition) is 4. The van der Waals surface area contributed by atoms with Gasteiger partial charge in [-0.15, -0.1) is 0 Å².